The molecular weight excluding hydrogens is 703 g/mol. The van der Waals surface area contributed by atoms with Crippen LogP contribution in [-0.2, 0) is 22.4 Å². The number of ether oxygens (including phenoxy) is 3. The van der Waals surface area contributed by atoms with Gasteiger partial charge in [0.1, 0.15) is 11.5 Å². The monoisotopic (exact) mass is 741 g/mol. The van der Waals surface area contributed by atoms with Gasteiger partial charge in [0, 0.05) is 40.9 Å². The van der Waals surface area contributed by atoms with E-state index in [4.69, 9.17) is 14.2 Å². The van der Waals surface area contributed by atoms with Crippen LogP contribution in [0.1, 0.15) is 44.5 Å². The number of hydrogen-bond donors (Lipinski definition) is 1. The van der Waals surface area contributed by atoms with E-state index in [2.05, 4.69) is 157 Å². The lowest BCUT2D eigenvalue weighted by molar-refractivity contribution is 0.122. The average Bonchev–Trinajstić information content (AvgIpc) is 3.77. The fraction of sp³-hybridized carbons (Fsp3) is 0.154. The van der Waals surface area contributed by atoms with Gasteiger partial charge in [-0.1, -0.05) is 115 Å². The summed E-state index contributed by atoms with van der Waals surface area (Å²) >= 11 is 0. The minimum absolute atomic E-state index is 0.0680. The van der Waals surface area contributed by atoms with Crippen LogP contribution in [0.25, 0.3) is 49.5 Å². The summed E-state index contributed by atoms with van der Waals surface area (Å²) in [6.45, 7) is 3.15. The van der Waals surface area contributed by atoms with Gasteiger partial charge in [0.25, 0.3) is 0 Å². The number of nitrogens with zero attached hydrogens (tertiary/aromatic N) is 1. The van der Waals surface area contributed by atoms with Crippen LogP contribution in [0.3, 0.4) is 0 Å². The van der Waals surface area contributed by atoms with Gasteiger partial charge in [-0.05, 0) is 102 Å². The van der Waals surface area contributed by atoms with Crippen molar-refractivity contribution in [3.8, 4) is 22.6 Å². The quantitative estimate of drug-likeness (QED) is 0.178. The van der Waals surface area contributed by atoms with E-state index in [9.17, 15) is 5.11 Å². The molecule has 57 heavy (non-hydrogen) atoms. The van der Waals surface area contributed by atoms with Gasteiger partial charge in [-0.3, -0.25) is 0 Å². The molecule has 276 valence electrons. The molecule has 0 aromatic heterocycles. The third-order valence-corrected chi connectivity index (χ3v) is 13.1. The molecule has 5 heteroatoms. The highest BCUT2D eigenvalue weighted by Gasteiger charge is 2.54. The molecule has 1 saturated heterocycles. The van der Waals surface area contributed by atoms with E-state index in [1.54, 1.807) is 7.11 Å². The van der Waals surface area contributed by atoms with Crippen LogP contribution >= 0.6 is 0 Å². The van der Waals surface area contributed by atoms with Gasteiger partial charge in [-0.25, -0.2) is 0 Å². The summed E-state index contributed by atoms with van der Waals surface area (Å²) in [4.78, 5) is 2.38. The summed E-state index contributed by atoms with van der Waals surface area (Å²) in [6, 6.07) is 50.5. The molecule has 1 N–H and O–H groups in total. The molecule has 1 unspecified atom stereocenters. The molecule has 4 aliphatic rings. The lowest BCUT2D eigenvalue weighted by Crippen LogP contribution is -2.37. The van der Waals surface area contributed by atoms with Gasteiger partial charge in [0.05, 0.1) is 32.3 Å². The zero-order valence-corrected chi connectivity index (χ0v) is 31.6. The molecule has 0 bridgehead atoms. The number of rotatable bonds is 5. The van der Waals surface area contributed by atoms with E-state index in [-0.39, 0.29) is 6.61 Å². The number of methoxy groups -OCH3 is 1. The Labute approximate surface area is 331 Å². The number of hydrogen-bond acceptors (Lipinski definition) is 5. The Morgan fingerprint density at radius 2 is 1.40 bits per heavy atom. The van der Waals surface area contributed by atoms with Gasteiger partial charge in [0.15, 0.2) is 5.60 Å². The molecule has 2 aliphatic carbocycles. The largest absolute Gasteiger partial charge is 0.497 e. The van der Waals surface area contributed by atoms with Crippen molar-refractivity contribution >= 4 is 44.1 Å². The fourth-order valence-electron chi connectivity index (χ4n) is 10.7. The summed E-state index contributed by atoms with van der Waals surface area (Å²) in [7, 11) is 1.75. The molecule has 0 amide bonds. The average molecular weight is 742 g/mol. The van der Waals surface area contributed by atoms with E-state index in [0.29, 0.717) is 0 Å². The maximum atomic E-state index is 10.6. The Morgan fingerprint density at radius 3 is 2.11 bits per heavy atom. The summed E-state index contributed by atoms with van der Waals surface area (Å²) < 4.78 is 19.4. The Kier molecular flexibility index (Phi) is 6.94. The maximum Gasteiger partial charge on any atom is 0.178 e. The maximum absolute atomic E-state index is 10.6. The zero-order chi connectivity index (χ0) is 37.9. The van der Waals surface area contributed by atoms with Crippen molar-refractivity contribution in [1.82, 2.24) is 0 Å². The van der Waals surface area contributed by atoms with Gasteiger partial charge >= 0.3 is 0 Å². The standard InChI is InChI=1S/C52H39NO4/c1-55-38-20-22-40-45(30-38)52(43-11-5-7-33-14-15-34-8-6-12-44(52)47(34)46(33)43)49-41-23-24-51(35-9-3-2-4-10-35,36-16-18-37(19-17-36)53-25-27-56-28-26-53)57-50(41)42-29-32(31-54)13-21-39(42)48(40)49/h2-24,29-30,54H,25-28,31H2,1H3. The van der Waals surface area contributed by atoms with Crippen LogP contribution in [0.5, 0.6) is 11.5 Å². The molecule has 0 saturated carbocycles. The Bertz CT molecular complexity index is 2940. The topological polar surface area (TPSA) is 51.2 Å². The Morgan fingerprint density at radius 1 is 0.684 bits per heavy atom. The number of anilines is 1. The Balaban J connectivity index is 1.19. The van der Waals surface area contributed by atoms with Gasteiger partial charge in [0.2, 0.25) is 0 Å². The number of aliphatic hydroxyl groups is 1. The molecule has 8 aromatic carbocycles. The van der Waals surface area contributed by atoms with E-state index in [1.807, 2.05) is 0 Å². The number of fused-ring (bicyclic) bond motifs is 12. The van der Waals surface area contributed by atoms with Crippen LogP contribution in [0.4, 0.5) is 5.69 Å². The van der Waals surface area contributed by atoms with Crippen molar-refractivity contribution < 1.29 is 19.3 Å². The van der Waals surface area contributed by atoms with E-state index in [1.165, 1.54) is 60.6 Å². The molecule has 8 aromatic rings. The normalized spacial score (nSPS) is 18.3. The third-order valence-electron chi connectivity index (χ3n) is 13.1. The molecule has 2 aliphatic heterocycles. The second-order valence-corrected chi connectivity index (χ2v) is 15.7. The van der Waals surface area contributed by atoms with Gasteiger partial charge < -0.3 is 24.2 Å². The summed E-state index contributed by atoms with van der Waals surface area (Å²) in [5.74, 6) is 1.64. The van der Waals surface area contributed by atoms with Gasteiger partial charge in [-0.15, -0.1) is 0 Å². The first-order valence-corrected chi connectivity index (χ1v) is 19.9. The van der Waals surface area contributed by atoms with E-state index >= 15 is 0 Å². The van der Waals surface area contributed by atoms with E-state index in [0.717, 1.165) is 70.8 Å². The molecule has 1 atom stereocenters. The van der Waals surface area contributed by atoms with Crippen molar-refractivity contribution in [2.75, 3.05) is 38.3 Å². The molecule has 5 nitrogen and oxygen atoms in total. The molecule has 1 spiro atoms. The van der Waals surface area contributed by atoms with Gasteiger partial charge in [-0.2, -0.15) is 0 Å². The highest BCUT2D eigenvalue weighted by molar-refractivity contribution is 6.19. The van der Waals surface area contributed by atoms with Crippen molar-refractivity contribution in [2.24, 2.45) is 0 Å². The smallest absolute Gasteiger partial charge is 0.178 e. The summed E-state index contributed by atoms with van der Waals surface area (Å²) in [5, 5.41) is 17.7. The molecular formula is C52H39NO4. The predicted molar refractivity (Wildman–Crippen MR) is 229 cm³/mol. The summed E-state index contributed by atoms with van der Waals surface area (Å²) in [6.07, 6.45) is 4.61. The molecule has 0 radical (unpaired) electrons. The minimum Gasteiger partial charge on any atom is -0.497 e. The highest BCUT2D eigenvalue weighted by atomic mass is 16.5. The Hall–Kier alpha value is -6.40. The van der Waals surface area contributed by atoms with Crippen molar-refractivity contribution in [1.29, 1.82) is 0 Å². The molecule has 1 fully saturated rings. The molecule has 2 heterocycles. The lowest BCUT2D eigenvalue weighted by Gasteiger charge is -2.39. The van der Waals surface area contributed by atoms with Crippen LogP contribution in [-0.4, -0.2) is 38.5 Å². The number of aliphatic hydroxyl groups excluding tert-OH is 1. The SMILES string of the molecule is COc1ccc2c(c1)C1(c3c4c(c5cc(CO)ccc5c3-2)OC(c2ccccc2)(c2ccc(N3CCOCC3)cc2)C=C4)c2cccc3ccc4cccc1c4c23. The number of morpholine rings is 1. The van der Waals surface area contributed by atoms with Crippen molar-refractivity contribution in [3.63, 3.8) is 0 Å². The first kappa shape index (κ1) is 32.8. The lowest BCUT2D eigenvalue weighted by atomic mass is 9.68. The predicted octanol–water partition coefficient (Wildman–Crippen LogP) is 10.5. The van der Waals surface area contributed by atoms with Crippen molar-refractivity contribution in [3.05, 3.63) is 190 Å². The first-order chi connectivity index (χ1) is 28.1. The first-order valence-electron chi connectivity index (χ1n) is 19.9. The third kappa shape index (κ3) is 4.30. The molecule has 12 rings (SSSR count). The van der Waals surface area contributed by atoms with Crippen LogP contribution < -0.4 is 14.4 Å². The fourth-order valence-corrected chi connectivity index (χ4v) is 10.7. The van der Waals surface area contributed by atoms with Crippen LogP contribution in [0.2, 0.25) is 0 Å². The summed E-state index contributed by atoms with van der Waals surface area (Å²) in [5.41, 5.74) is 11.0. The zero-order valence-electron chi connectivity index (χ0n) is 31.6. The van der Waals surface area contributed by atoms with Crippen molar-refractivity contribution in [2.45, 2.75) is 17.6 Å². The second-order valence-electron chi connectivity index (χ2n) is 15.7. The minimum atomic E-state index is -0.922. The van der Waals surface area contributed by atoms with E-state index < -0.39 is 11.0 Å². The second kappa shape index (κ2) is 12.1. The van der Waals surface area contributed by atoms with Crippen LogP contribution in [0.15, 0.2) is 146 Å². The highest BCUT2D eigenvalue weighted by Crippen LogP contribution is 2.66. The number of benzene rings is 8. The van der Waals surface area contributed by atoms with Crippen LogP contribution in [0, 0.1) is 0 Å².